The first-order valence-corrected chi connectivity index (χ1v) is 7.61. The maximum absolute atomic E-state index is 11.9. The van der Waals surface area contributed by atoms with Gasteiger partial charge in [0, 0.05) is 12.2 Å². The number of hydrogen-bond acceptors (Lipinski definition) is 2. The molecule has 0 spiro atoms. The van der Waals surface area contributed by atoms with E-state index in [0.717, 1.165) is 24.1 Å². The molecule has 5 nitrogen and oxygen atoms in total. The zero-order valence-electron chi connectivity index (χ0n) is 12.6. The monoisotopic (exact) mass is 310 g/mol. The second-order valence-electron chi connectivity index (χ2n) is 5.65. The smallest absolute Gasteiger partial charge is 0.335 e. The van der Waals surface area contributed by atoms with E-state index in [1.165, 1.54) is 29.7 Å². The second-order valence-corrected chi connectivity index (χ2v) is 5.65. The van der Waals surface area contributed by atoms with Gasteiger partial charge in [0.25, 0.3) is 0 Å². The molecule has 1 aliphatic rings. The van der Waals surface area contributed by atoms with Crippen LogP contribution >= 0.6 is 0 Å². The van der Waals surface area contributed by atoms with Gasteiger partial charge in [-0.2, -0.15) is 0 Å². The molecule has 2 aromatic carbocycles. The Hall–Kier alpha value is -2.82. The first-order valence-electron chi connectivity index (χ1n) is 7.61. The Labute approximate surface area is 134 Å². The van der Waals surface area contributed by atoms with Gasteiger partial charge in [0.2, 0.25) is 0 Å². The van der Waals surface area contributed by atoms with E-state index < -0.39 is 5.97 Å². The quantitative estimate of drug-likeness (QED) is 0.811. The molecule has 2 amide bonds. The third kappa shape index (κ3) is 3.69. The van der Waals surface area contributed by atoms with Crippen LogP contribution in [0.15, 0.2) is 42.5 Å². The number of carboxylic acid groups (broad SMARTS) is 1. The summed E-state index contributed by atoms with van der Waals surface area (Å²) in [5.41, 5.74) is 4.56. The van der Waals surface area contributed by atoms with Crippen molar-refractivity contribution >= 4 is 17.7 Å². The number of benzene rings is 2. The van der Waals surface area contributed by atoms with Crippen molar-refractivity contribution in [2.24, 2.45) is 0 Å². The molecule has 0 aliphatic heterocycles. The van der Waals surface area contributed by atoms with Crippen LogP contribution in [-0.2, 0) is 19.4 Å². The molecule has 0 radical (unpaired) electrons. The highest BCUT2D eigenvalue weighted by atomic mass is 16.4. The summed E-state index contributed by atoms with van der Waals surface area (Å²) < 4.78 is 0. The molecule has 2 aromatic rings. The lowest BCUT2D eigenvalue weighted by Gasteiger charge is -2.09. The summed E-state index contributed by atoms with van der Waals surface area (Å²) in [5.74, 6) is -0.959. The molecule has 23 heavy (non-hydrogen) atoms. The molecular weight excluding hydrogens is 292 g/mol. The standard InChI is InChI=1S/C18H18N2O3/c21-17(22)14-6-4-12(5-7-14)11-19-18(23)20-16-9-8-13-2-1-3-15(13)10-16/h4-10H,1-3,11H2,(H,21,22)(H2,19,20,23). The maximum atomic E-state index is 11.9. The Balaban J connectivity index is 1.54. The SMILES string of the molecule is O=C(NCc1ccc(C(=O)O)cc1)Nc1ccc2c(c1)CCC2. The molecule has 0 saturated carbocycles. The van der Waals surface area contributed by atoms with Crippen molar-refractivity contribution < 1.29 is 14.7 Å². The largest absolute Gasteiger partial charge is 0.478 e. The zero-order chi connectivity index (χ0) is 16.2. The number of anilines is 1. The highest BCUT2D eigenvalue weighted by molar-refractivity contribution is 5.89. The predicted molar refractivity (Wildman–Crippen MR) is 87.7 cm³/mol. The minimum absolute atomic E-state index is 0.233. The van der Waals surface area contributed by atoms with E-state index in [4.69, 9.17) is 5.11 Å². The molecule has 0 bridgehead atoms. The van der Waals surface area contributed by atoms with Crippen LogP contribution in [0.2, 0.25) is 0 Å². The lowest BCUT2D eigenvalue weighted by molar-refractivity contribution is 0.0697. The summed E-state index contributed by atoms with van der Waals surface area (Å²) in [7, 11) is 0. The van der Waals surface area contributed by atoms with Gasteiger partial charge in [-0.1, -0.05) is 18.2 Å². The molecule has 5 heteroatoms. The van der Waals surface area contributed by atoms with Crippen LogP contribution in [0.3, 0.4) is 0 Å². The van der Waals surface area contributed by atoms with E-state index >= 15 is 0 Å². The van der Waals surface area contributed by atoms with Gasteiger partial charge in [-0.05, 0) is 60.2 Å². The number of aryl methyl sites for hydroxylation is 2. The number of carbonyl (C=O) groups is 2. The summed E-state index contributed by atoms with van der Waals surface area (Å²) in [4.78, 5) is 22.7. The molecule has 3 N–H and O–H groups in total. The first-order chi connectivity index (χ1) is 11.1. The molecule has 3 rings (SSSR count). The van der Waals surface area contributed by atoms with Crippen LogP contribution in [0.25, 0.3) is 0 Å². The Bertz CT molecular complexity index is 738. The van der Waals surface area contributed by atoms with Gasteiger partial charge in [0.1, 0.15) is 0 Å². The molecule has 0 unspecified atom stereocenters. The Morgan fingerprint density at radius 1 is 1.00 bits per heavy atom. The van der Waals surface area contributed by atoms with Crippen molar-refractivity contribution in [1.29, 1.82) is 0 Å². The second kappa shape index (κ2) is 6.52. The van der Waals surface area contributed by atoms with Gasteiger partial charge in [-0.3, -0.25) is 0 Å². The maximum Gasteiger partial charge on any atom is 0.335 e. The molecule has 0 atom stereocenters. The molecule has 1 aliphatic carbocycles. The lowest BCUT2D eigenvalue weighted by Crippen LogP contribution is -2.28. The van der Waals surface area contributed by atoms with E-state index in [-0.39, 0.29) is 11.6 Å². The number of nitrogens with one attached hydrogen (secondary N) is 2. The molecule has 0 aromatic heterocycles. The third-order valence-corrected chi connectivity index (χ3v) is 4.01. The molecule has 0 fully saturated rings. The fraction of sp³-hybridized carbons (Fsp3) is 0.222. The van der Waals surface area contributed by atoms with Crippen LogP contribution in [0, 0.1) is 0 Å². The average Bonchev–Trinajstić information content (AvgIpc) is 3.01. The van der Waals surface area contributed by atoms with Crippen molar-refractivity contribution in [1.82, 2.24) is 5.32 Å². The first kappa shape index (κ1) is 15.1. The van der Waals surface area contributed by atoms with E-state index in [2.05, 4.69) is 16.7 Å². The zero-order valence-corrected chi connectivity index (χ0v) is 12.6. The van der Waals surface area contributed by atoms with Crippen LogP contribution in [0.4, 0.5) is 10.5 Å². The number of amides is 2. The van der Waals surface area contributed by atoms with Crippen molar-refractivity contribution in [3.8, 4) is 0 Å². The lowest BCUT2D eigenvalue weighted by atomic mass is 10.1. The minimum atomic E-state index is -0.959. The van der Waals surface area contributed by atoms with E-state index in [1.54, 1.807) is 12.1 Å². The van der Waals surface area contributed by atoms with Crippen molar-refractivity contribution in [3.05, 3.63) is 64.7 Å². The number of urea groups is 1. The fourth-order valence-electron chi connectivity index (χ4n) is 2.77. The van der Waals surface area contributed by atoms with Gasteiger partial charge in [-0.25, -0.2) is 9.59 Å². The Morgan fingerprint density at radius 3 is 2.48 bits per heavy atom. The van der Waals surface area contributed by atoms with E-state index in [9.17, 15) is 9.59 Å². The summed E-state index contributed by atoms with van der Waals surface area (Å²) >= 11 is 0. The van der Waals surface area contributed by atoms with Crippen molar-refractivity contribution in [3.63, 3.8) is 0 Å². The highest BCUT2D eigenvalue weighted by Gasteiger charge is 2.11. The van der Waals surface area contributed by atoms with Crippen molar-refractivity contribution in [2.45, 2.75) is 25.8 Å². The van der Waals surface area contributed by atoms with Gasteiger partial charge in [0.05, 0.1) is 5.56 Å². The van der Waals surface area contributed by atoms with Crippen LogP contribution in [0.1, 0.15) is 33.5 Å². The summed E-state index contributed by atoms with van der Waals surface area (Å²) in [5, 5.41) is 14.4. The number of carboxylic acids is 1. The topological polar surface area (TPSA) is 78.4 Å². The van der Waals surface area contributed by atoms with Crippen LogP contribution in [0.5, 0.6) is 0 Å². The third-order valence-electron chi connectivity index (χ3n) is 4.01. The Morgan fingerprint density at radius 2 is 1.74 bits per heavy atom. The van der Waals surface area contributed by atoms with Gasteiger partial charge in [-0.15, -0.1) is 0 Å². The molecular formula is C18H18N2O3. The molecule has 0 saturated heterocycles. The normalized spacial score (nSPS) is 12.5. The fourth-order valence-corrected chi connectivity index (χ4v) is 2.77. The average molecular weight is 310 g/mol. The van der Waals surface area contributed by atoms with Gasteiger partial charge >= 0.3 is 12.0 Å². The van der Waals surface area contributed by atoms with Crippen LogP contribution in [-0.4, -0.2) is 17.1 Å². The number of carbonyl (C=O) groups excluding carboxylic acids is 1. The highest BCUT2D eigenvalue weighted by Crippen LogP contribution is 2.24. The van der Waals surface area contributed by atoms with Gasteiger partial charge < -0.3 is 15.7 Å². The van der Waals surface area contributed by atoms with Crippen LogP contribution < -0.4 is 10.6 Å². The molecule has 118 valence electrons. The number of fused-ring (bicyclic) bond motifs is 1. The number of aromatic carboxylic acids is 1. The number of hydrogen-bond donors (Lipinski definition) is 3. The summed E-state index contributed by atoms with van der Waals surface area (Å²) in [6.45, 7) is 0.344. The minimum Gasteiger partial charge on any atom is -0.478 e. The van der Waals surface area contributed by atoms with E-state index in [0.29, 0.717) is 6.54 Å². The summed E-state index contributed by atoms with van der Waals surface area (Å²) in [6, 6.07) is 12.2. The number of rotatable bonds is 4. The molecule has 0 heterocycles. The van der Waals surface area contributed by atoms with Gasteiger partial charge in [0.15, 0.2) is 0 Å². The van der Waals surface area contributed by atoms with Crippen molar-refractivity contribution in [2.75, 3.05) is 5.32 Å². The summed E-state index contributed by atoms with van der Waals surface area (Å²) in [6.07, 6.45) is 3.37. The van der Waals surface area contributed by atoms with E-state index in [1.807, 2.05) is 12.1 Å². The Kier molecular flexibility index (Phi) is 4.28. The predicted octanol–water partition coefficient (Wildman–Crippen LogP) is 3.20.